The molecular weight excluding hydrogens is 211 g/mol. The van der Waals surface area contributed by atoms with E-state index in [1.807, 2.05) is 13.8 Å². The van der Waals surface area contributed by atoms with Crippen LogP contribution in [-0.2, 0) is 6.54 Å². The maximum atomic E-state index is 13.3. The van der Waals surface area contributed by atoms with Crippen molar-refractivity contribution in [1.29, 1.82) is 0 Å². The Morgan fingerprint density at radius 3 is 2.50 bits per heavy atom. The van der Waals surface area contributed by atoms with Crippen LogP contribution in [0.1, 0.15) is 29.8 Å². The van der Waals surface area contributed by atoms with Gasteiger partial charge in [-0.25, -0.2) is 4.39 Å². The lowest BCUT2D eigenvalue weighted by molar-refractivity contribution is 0.111. The molecule has 0 saturated heterocycles. The van der Waals surface area contributed by atoms with Crippen LogP contribution in [0.15, 0.2) is 17.3 Å². The SMILES string of the molecule is CC.CNCc1ccc(N=O)c(F)c1C=O. The van der Waals surface area contributed by atoms with Gasteiger partial charge in [-0.3, -0.25) is 4.79 Å². The lowest BCUT2D eigenvalue weighted by Crippen LogP contribution is -2.08. The molecule has 0 aliphatic rings. The molecule has 5 heteroatoms. The second-order valence-electron chi connectivity index (χ2n) is 2.71. The smallest absolute Gasteiger partial charge is 0.163 e. The number of nitrogens with zero attached hydrogens (tertiary/aromatic N) is 1. The minimum Gasteiger partial charge on any atom is -0.316 e. The molecule has 0 aliphatic heterocycles. The first-order valence-corrected chi connectivity index (χ1v) is 4.99. The van der Waals surface area contributed by atoms with Gasteiger partial charge in [0, 0.05) is 6.54 Å². The van der Waals surface area contributed by atoms with Gasteiger partial charge in [0.1, 0.15) is 5.69 Å². The van der Waals surface area contributed by atoms with Crippen LogP contribution in [0.25, 0.3) is 0 Å². The highest BCUT2D eigenvalue weighted by atomic mass is 19.1. The Balaban J connectivity index is 0.00000106. The third-order valence-electron chi connectivity index (χ3n) is 1.83. The van der Waals surface area contributed by atoms with Crippen LogP contribution in [0, 0.1) is 10.7 Å². The third kappa shape index (κ3) is 3.20. The molecule has 1 N–H and O–H groups in total. The number of rotatable bonds is 4. The topological polar surface area (TPSA) is 58.5 Å². The number of nitrogens with one attached hydrogen (secondary N) is 1. The standard InChI is InChI=1S/C9H9FN2O2.C2H6/c1-11-4-6-2-3-8(12-14)9(10)7(6)5-13;1-2/h2-3,5,11H,4H2,1H3;1-2H3. The molecule has 0 aromatic heterocycles. The Hall–Kier alpha value is -1.62. The summed E-state index contributed by atoms with van der Waals surface area (Å²) in [6, 6.07) is 2.75. The summed E-state index contributed by atoms with van der Waals surface area (Å²) in [6.07, 6.45) is 0.386. The molecule has 0 spiro atoms. The zero-order chi connectivity index (χ0) is 12.6. The maximum Gasteiger partial charge on any atom is 0.163 e. The van der Waals surface area contributed by atoms with Gasteiger partial charge in [0.05, 0.1) is 5.56 Å². The highest BCUT2D eigenvalue weighted by Crippen LogP contribution is 2.22. The molecule has 1 aromatic carbocycles. The first kappa shape index (κ1) is 14.4. The number of hydrogen-bond acceptors (Lipinski definition) is 4. The van der Waals surface area contributed by atoms with Crippen molar-refractivity contribution in [3.05, 3.63) is 34.0 Å². The van der Waals surface area contributed by atoms with Gasteiger partial charge in [-0.15, -0.1) is 4.91 Å². The molecule has 0 bridgehead atoms. The molecule has 16 heavy (non-hydrogen) atoms. The molecule has 88 valence electrons. The van der Waals surface area contributed by atoms with Gasteiger partial charge in [0.25, 0.3) is 0 Å². The van der Waals surface area contributed by atoms with Gasteiger partial charge in [0.2, 0.25) is 0 Å². The number of aldehydes is 1. The van der Waals surface area contributed by atoms with Crippen molar-refractivity contribution < 1.29 is 9.18 Å². The van der Waals surface area contributed by atoms with Crippen LogP contribution >= 0.6 is 0 Å². The van der Waals surface area contributed by atoms with Crippen LogP contribution < -0.4 is 5.32 Å². The van der Waals surface area contributed by atoms with E-state index in [2.05, 4.69) is 10.5 Å². The van der Waals surface area contributed by atoms with Gasteiger partial charge in [-0.05, 0) is 23.9 Å². The summed E-state index contributed by atoms with van der Waals surface area (Å²) in [6.45, 7) is 4.37. The zero-order valence-electron chi connectivity index (χ0n) is 9.58. The molecule has 0 saturated carbocycles. The van der Waals surface area contributed by atoms with Crippen LogP contribution in [-0.4, -0.2) is 13.3 Å². The quantitative estimate of drug-likeness (QED) is 0.634. The lowest BCUT2D eigenvalue weighted by Gasteiger charge is -2.05. The first-order chi connectivity index (χ1) is 7.74. The van der Waals surface area contributed by atoms with Crippen molar-refractivity contribution in [2.24, 2.45) is 5.18 Å². The minimum atomic E-state index is -0.859. The van der Waals surface area contributed by atoms with Crippen LogP contribution in [0.5, 0.6) is 0 Å². The van der Waals surface area contributed by atoms with Crippen molar-refractivity contribution in [2.45, 2.75) is 20.4 Å². The van der Waals surface area contributed by atoms with Crippen molar-refractivity contribution in [1.82, 2.24) is 5.32 Å². The second-order valence-corrected chi connectivity index (χ2v) is 2.71. The van der Waals surface area contributed by atoms with Crippen molar-refractivity contribution >= 4 is 12.0 Å². The highest BCUT2D eigenvalue weighted by molar-refractivity contribution is 5.79. The largest absolute Gasteiger partial charge is 0.316 e. The second kappa shape index (κ2) is 7.64. The molecule has 0 fully saturated rings. The summed E-state index contributed by atoms with van der Waals surface area (Å²) < 4.78 is 13.3. The monoisotopic (exact) mass is 226 g/mol. The number of carbonyl (C=O) groups is 1. The first-order valence-electron chi connectivity index (χ1n) is 4.99. The number of carbonyl (C=O) groups excluding carboxylic acids is 1. The van der Waals surface area contributed by atoms with Crippen molar-refractivity contribution in [3.63, 3.8) is 0 Å². The molecule has 4 nitrogen and oxygen atoms in total. The number of benzene rings is 1. The summed E-state index contributed by atoms with van der Waals surface area (Å²) in [7, 11) is 1.68. The van der Waals surface area contributed by atoms with E-state index in [0.717, 1.165) is 0 Å². The van der Waals surface area contributed by atoms with Crippen LogP contribution in [0.2, 0.25) is 0 Å². The van der Waals surface area contributed by atoms with E-state index in [1.165, 1.54) is 12.1 Å². The maximum absolute atomic E-state index is 13.3. The summed E-state index contributed by atoms with van der Waals surface area (Å²) in [5, 5.41) is 5.26. The Morgan fingerprint density at radius 2 is 2.06 bits per heavy atom. The average molecular weight is 226 g/mol. The predicted octanol–water partition coefficient (Wildman–Crippen LogP) is 2.78. The Morgan fingerprint density at radius 1 is 1.44 bits per heavy atom. The minimum absolute atomic E-state index is 0.114. The normalized spacial score (nSPS) is 9.00. The van der Waals surface area contributed by atoms with E-state index in [-0.39, 0.29) is 11.3 Å². The molecule has 0 amide bonds. The van der Waals surface area contributed by atoms with Gasteiger partial charge in [-0.1, -0.05) is 19.9 Å². The van der Waals surface area contributed by atoms with Gasteiger partial charge < -0.3 is 5.32 Å². The van der Waals surface area contributed by atoms with E-state index < -0.39 is 5.82 Å². The molecule has 0 atom stereocenters. The number of nitroso groups, excluding NO2 is 1. The van der Waals surface area contributed by atoms with Gasteiger partial charge in [0.15, 0.2) is 12.1 Å². The van der Waals surface area contributed by atoms with E-state index in [4.69, 9.17) is 0 Å². The number of halogens is 1. The van der Waals surface area contributed by atoms with E-state index in [0.29, 0.717) is 18.4 Å². The molecule has 0 unspecified atom stereocenters. The summed E-state index contributed by atoms with van der Waals surface area (Å²) in [5.41, 5.74) is 0.0517. The van der Waals surface area contributed by atoms with E-state index in [1.54, 1.807) is 7.05 Å². The van der Waals surface area contributed by atoms with Crippen LogP contribution in [0.4, 0.5) is 10.1 Å². The Bertz CT molecular complexity index is 367. The van der Waals surface area contributed by atoms with Gasteiger partial charge in [-0.2, -0.15) is 0 Å². The molecule has 0 aliphatic carbocycles. The average Bonchev–Trinajstić information content (AvgIpc) is 2.33. The zero-order valence-corrected chi connectivity index (χ0v) is 9.58. The fourth-order valence-electron chi connectivity index (χ4n) is 1.16. The highest BCUT2D eigenvalue weighted by Gasteiger charge is 2.12. The summed E-state index contributed by atoms with van der Waals surface area (Å²) in [5.74, 6) is -0.859. The predicted molar refractivity (Wildman–Crippen MR) is 61.4 cm³/mol. The van der Waals surface area contributed by atoms with Crippen LogP contribution in [0.3, 0.4) is 0 Å². The van der Waals surface area contributed by atoms with E-state index >= 15 is 0 Å². The molecular formula is C11H15FN2O2. The molecule has 1 rings (SSSR count). The van der Waals surface area contributed by atoms with Crippen molar-refractivity contribution in [3.8, 4) is 0 Å². The number of hydrogen-bond donors (Lipinski definition) is 1. The molecule has 1 aromatic rings. The molecule has 0 heterocycles. The van der Waals surface area contributed by atoms with E-state index in [9.17, 15) is 14.1 Å². The fourth-order valence-corrected chi connectivity index (χ4v) is 1.16. The summed E-state index contributed by atoms with van der Waals surface area (Å²) >= 11 is 0. The van der Waals surface area contributed by atoms with Crippen molar-refractivity contribution in [2.75, 3.05) is 7.05 Å². The fraction of sp³-hybridized carbons (Fsp3) is 0.364. The Kier molecular flexibility index (Phi) is 6.87. The molecule has 0 radical (unpaired) electrons. The lowest BCUT2D eigenvalue weighted by atomic mass is 10.1. The Labute approximate surface area is 93.8 Å². The van der Waals surface area contributed by atoms with Gasteiger partial charge >= 0.3 is 0 Å². The third-order valence-corrected chi connectivity index (χ3v) is 1.83. The summed E-state index contributed by atoms with van der Waals surface area (Å²) in [4.78, 5) is 20.7.